The van der Waals surface area contributed by atoms with Gasteiger partial charge in [-0.1, -0.05) is 19.1 Å². The Morgan fingerprint density at radius 3 is 2.61 bits per heavy atom. The monoisotopic (exact) mass is 268 g/mol. The fraction of sp³-hybridized carbons (Fsp3) is 0.385. The third kappa shape index (κ3) is 4.04. The molecule has 0 saturated carbocycles. The van der Waals surface area contributed by atoms with Crippen LogP contribution in [-0.4, -0.2) is 23.7 Å². The summed E-state index contributed by atoms with van der Waals surface area (Å²) in [7, 11) is 0. The molecule has 0 aliphatic heterocycles. The zero-order chi connectivity index (χ0) is 13.5. The van der Waals surface area contributed by atoms with E-state index in [0.29, 0.717) is 17.8 Å². The van der Waals surface area contributed by atoms with Crippen molar-refractivity contribution in [3.05, 3.63) is 29.8 Å². The van der Waals surface area contributed by atoms with Crippen LogP contribution in [-0.2, 0) is 4.79 Å². The fourth-order valence-electron chi connectivity index (χ4n) is 1.36. The normalized spacial score (nSPS) is 11.7. The van der Waals surface area contributed by atoms with E-state index < -0.39 is 5.38 Å². The molecule has 1 aromatic carbocycles. The van der Waals surface area contributed by atoms with Crippen molar-refractivity contribution in [2.24, 2.45) is 0 Å². The molecular formula is C13H17ClN2O2. The van der Waals surface area contributed by atoms with E-state index in [1.165, 1.54) is 0 Å². The quantitative estimate of drug-likeness (QED) is 0.806. The Balaban J connectivity index is 2.85. The summed E-state index contributed by atoms with van der Waals surface area (Å²) in [6.07, 6.45) is 0.860. The molecule has 0 aliphatic rings. The minimum absolute atomic E-state index is 0.199. The van der Waals surface area contributed by atoms with E-state index in [-0.39, 0.29) is 11.8 Å². The minimum Gasteiger partial charge on any atom is -0.352 e. The molecule has 5 heteroatoms. The zero-order valence-electron chi connectivity index (χ0n) is 10.5. The SMILES string of the molecule is CCCNC(=O)c1ccccc1NC(=O)[C@H](C)Cl. The number of hydrogen-bond donors (Lipinski definition) is 2. The predicted octanol–water partition coefficient (Wildman–Crippen LogP) is 2.39. The van der Waals surface area contributed by atoms with Crippen molar-refractivity contribution in [2.75, 3.05) is 11.9 Å². The van der Waals surface area contributed by atoms with Gasteiger partial charge in [0, 0.05) is 6.54 Å². The number of anilines is 1. The number of rotatable bonds is 5. The van der Waals surface area contributed by atoms with Crippen LogP contribution in [0.5, 0.6) is 0 Å². The summed E-state index contributed by atoms with van der Waals surface area (Å²) < 4.78 is 0. The number of para-hydroxylation sites is 1. The molecule has 0 spiro atoms. The van der Waals surface area contributed by atoms with Crippen molar-refractivity contribution in [2.45, 2.75) is 25.6 Å². The van der Waals surface area contributed by atoms with Crippen molar-refractivity contribution in [1.29, 1.82) is 0 Å². The number of alkyl halides is 1. The van der Waals surface area contributed by atoms with E-state index in [9.17, 15) is 9.59 Å². The summed E-state index contributed by atoms with van der Waals surface area (Å²) in [5.74, 6) is -0.526. The van der Waals surface area contributed by atoms with Crippen LogP contribution in [0.2, 0.25) is 0 Å². The first kappa shape index (κ1) is 14.5. The average molecular weight is 269 g/mol. The van der Waals surface area contributed by atoms with E-state index >= 15 is 0 Å². The van der Waals surface area contributed by atoms with Gasteiger partial charge in [0.2, 0.25) is 5.91 Å². The Bertz CT molecular complexity index is 433. The van der Waals surface area contributed by atoms with Gasteiger partial charge >= 0.3 is 0 Å². The van der Waals surface area contributed by atoms with Crippen molar-refractivity contribution in [3.63, 3.8) is 0 Å². The summed E-state index contributed by atoms with van der Waals surface area (Å²) >= 11 is 5.68. The van der Waals surface area contributed by atoms with Gasteiger partial charge in [-0.25, -0.2) is 0 Å². The van der Waals surface area contributed by atoms with Gasteiger partial charge in [-0.15, -0.1) is 11.6 Å². The van der Waals surface area contributed by atoms with E-state index in [1.54, 1.807) is 31.2 Å². The van der Waals surface area contributed by atoms with E-state index in [0.717, 1.165) is 6.42 Å². The Morgan fingerprint density at radius 2 is 2.00 bits per heavy atom. The van der Waals surface area contributed by atoms with Gasteiger partial charge in [0.25, 0.3) is 5.91 Å². The predicted molar refractivity (Wildman–Crippen MR) is 73.0 cm³/mol. The van der Waals surface area contributed by atoms with E-state index in [2.05, 4.69) is 10.6 Å². The zero-order valence-corrected chi connectivity index (χ0v) is 11.3. The summed E-state index contributed by atoms with van der Waals surface area (Å²) in [4.78, 5) is 23.4. The molecule has 0 heterocycles. The molecule has 0 unspecified atom stereocenters. The van der Waals surface area contributed by atoms with Crippen LogP contribution in [0, 0.1) is 0 Å². The molecule has 0 radical (unpaired) electrons. The molecule has 0 bridgehead atoms. The number of amides is 2. The smallest absolute Gasteiger partial charge is 0.253 e. The molecule has 2 N–H and O–H groups in total. The highest BCUT2D eigenvalue weighted by Gasteiger charge is 2.14. The fourth-order valence-corrected chi connectivity index (χ4v) is 1.41. The van der Waals surface area contributed by atoms with Gasteiger partial charge in [0.1, 0.15) is 5.38 Å². The maximum absolute atomic E-state index is 11.9. The third-order valence-electron chi connectivity index (χ3n) is 2.33. The molecule has 18 heavy (non-hydrogen) atoms. The Morgan fingerprint density at radius 1 is 1.33 bits per heavy atom. The van der Waals surface area contributed by atoms with Gasteiger partial charge in [-0.05, 0) is 25.5 Å². The lowest BCUT2D eigenvalue weighted by atomic mass is 10.1. The van der Waals surface area contributed by atoms with Crippen LogP contribution in [0.3, 0.4) is 0 Å². The number of benzene rings is 1. The summed E-state index contributed by atoms with van der Waals surface area (Å²) in [5.41, 5.74) is 0.917. The first-order valence-corrected chi connectivity index (χ1v) is 6.32. The number of hydrogen-bond acceptors (Lipinski definition) is 2. The lowest BCUT2D eigenvalue weighted by Gasteiger charge is -2.11. The molecule has 2 amide bonds. The molecule has 98 valence electrons. The molecule has 0 aromatic heterocycles. The molecule has 0 saturated heterocycles. The standard InChI is InChI=1S/C13H17ClN2O2/c1-3-8-15-13(18)10-6-4-5-7-11(10)16-12(17)9(2)14/h4-7,9H,3,8H2,1-2H3,(H,15,18)(H,16,17)/t9-/m0/s1. The van der Waals surface area contributed by atoms with Gasteiger partial charge in [0.15, 0.2) is 0 Å². The first-order chi connectivity index (χ1) is 8.56. The van der Waals surface area contributed by atoms with E-state index in [1.807, 2.05) is 6.92 Å². The first-order valence-electron chi connectivity index (χ1n) is 5.88. The van der Waals surface area contributed by atoms with Crippen LogP contribution in [0.4, 0.5) is 5.69 Å². The third-order valence-corrected chi connectivity index (χ3v) is 2.52. The van der Waals surface area contributed by atoms with Crippen LogP contribution in [0.25, 0.3) is 0 Å². The molecule has 0 fully saturated rings. The number of nitrogens with one attached hydrogen (secondary N) is 2. The number of carbonyl (C=O) groups is 2. The number of halogens is 1. The number of carbonyl (C=O) groups excluding carboxylic acids is 2. The highest BCUT2D eigenvalue weighted by molar-refractivity contribution is 6.32. The molecule has 1 aromatic rings. The Hall–Kier alpha value is -1.55. The average Bonchev–Trinajstić information content (AvgIpc) is 2.36. The van der Waals surface area contributed by atoms with Gasteiger partial charge < -0.3 is 10.6 Å². The largest absolute Gasteiger partial charge is 0.352 e. The highest BCUT2D eigenvalue weighted by atomic mass is 35.5. The van der Waals surface area contributed by atoms with Crippen molar-refractivity contribution >= 4 is 29.1 Å². The molecule has 0 aliphatic carbocycles. The van der Waals surface area contributed by atoms with Crippen LogP contribution < -0.4 is 10.6 Å². The molecule has 1 rings (SSSR count). The van der Waals surface area contributed by atoms with Crippen molar-refractivity contribution in [1.82, 2.24) is 5.32 Å². The second-order valence-corrected chi connectivity index (χ2v) is 4.56. The minimum atomic E-state index is -0.642. The molecule has 4 nitrogen and oxygen atoms in total. The van der Waals surface area contributed by atoms with Gasteiger partial charge in [0.05, 0.1) is 11.3 Å². The second-order valence-electron chi connectivity index (χ2n) is 3.91. The summed E-state index contributed by atoms with van der Waals surface area (Å²) in [6.45, 7) is 4.16. The topological polar surface area (TPSA) is 58.2 Å². The highest BCUT2D eigenvalue weighted by Crippen LogP contribution is 2.15. The lowest BCUT2D eigenvalue weighted by Crippen LogP contribution is -2.27. The van der Waals surface area contributed by atoms with Crippen LogP contribution >= 0.6 is 11.6 Å². The van der Waals surface area contributed by atoms with Crippen molar-refractivity contribution in [3.8, 4) is 0 Å². The maximum Gasteiger partial charge on any atom is 0.253 e. The van der Waals surface area contributed by atoms with Gasteiger partial charge in [-0.2, -0.15) is 0 Å². The lowest BCUT2D eigenvalue weighted by molar-refractivity contribution is -0.115. The summed E-state index contributed by atoms with van der Waals surface area (Å²) in [6, 6.07) is 6.85. The second kappa shape index (κ2) is 7.01. The van der Waals surface area contributed by atoms with Crippen LogP contribution in [0.15, 0.2) is 24.3 Å². The molecule has 1 atom stereocenters. The Labute approximate surface area is 112 Å². The maximum atomic E-state index is 11.9. The summed E-state index contributed by atoms with van der Waals surface area (Å²) in [5, 5.41) is 4.76. The Kier molecular flexibility index (Phi) is 5.65. The van der Waals surface area contributed by atoms with Crippen LogP contribution in [0.1, 0.15) is 30.6 Å². The van der Waals surface area contributed by atoms with Gasteiger partial charge in [-0.3, -0.25) is 9.59 Å². The molecular weight excluding hydrogens is 252 g/mol. The van der Waals surface area contributed by atoms with Crippen molar-refractivity contribution < 1.29 is 9.59 Å². The van der Waals surface area contributed by atoms with E-state index in [4.69, 9.17) is 11.6 Å².